The lowest BCUT2D eigenvalue weighted by Crippen LogP contribution is -2.42. The Balaban J connectivity index is 2.63. The Morgan fingerprint density at radius 3 is 2.18 bits per heavy atom. The molecule has 0 aliphatic heterocycles. The number of hydrogen-bond acceptors (Lipinski definition) is 2. The third-order valence-corrected chi connectivity index (χ3v) is 3.35. The minimum atomic E-state index is -0.0261. The van der Waals surface area contributed by atoms with Crippen LogP contribution in [0.4, 0.5) is 4.79 Å². The van der Waals surface area contributed by atoms with Crippen molar-refractivity contribution in [3.63, 3.8) is 0 Å². The summed E-state index contributed by atoms with van der Waals surface area (Å²) in [6, 6.07) is 7.86. The van der Waals surface area contributed by atoms with Crippen LogP contribution in [0.2, 0.25) is 0 Å². The fourth-order valence-electron chi connectivity index (χ4n) is 2.26. The van der Waals surface area contributed by atoms with Crippen LogP contribution in [-0.4, -0.2) is 30.1 Å². The van der Waals surface area contributed by atoms with Gasteiger partial charge >= 0.3 is 6.03 Å². The number of carbonyl (C=O) groups excluding carboxylic acids is 1. The molecule has 0 fully saturated rings. The lowest BCUT2D eigenvalue weighted by atomic mass is 10.1. The molecule has 0 aliphatic carbocycles. The highest BCUT2D eigenvalue weighted by atomic mass is 16.5. The predicted molar refractivity (Wildman–Crippen MR) is 91.2 cm³/mol. The second kappa shape index (κ2) is 8.66. The average molecular weight is 306 g/mol. The summed E-state index contributed by atoms with van der Waals surface area (Å²) < 4.78 is 5.63. The molecular weight excluding hydrogens is 276 g/mol. The van der Waals surface area contributed by atoms with E-state index in [1.54, 1.807) is 0 Å². The lowest BCUT2D eigenvalue weighted by Gasteiger charge is -2.25. The molecule has 0 heterocycles. The molecule has 1 rings (SSSR count). The Bertz CT molecular complexity index is 455. The van der Waals surface area contributed by atoms with E-state index in [1.165, 1.54) is 0 Å². The number of amides is 2. The fraction of sp³-hybridized carbons (Fsp3) is 0.611. The van der Waals surface area contributed by atoms with Crippen molar-refractivity contribution >= 4 is 6.03 Å². The summed E-state index contributed by atoms with van der Waals surface area (Å²) >= 11 is 0. The zero-order chi connectivity index (χ0) is 16.7. The number of ether oxygens (including phenoxy) is 1. The van der Waals surface area contributed by atoms with Gasteiger partial charge in [-0.05, 0) is 51.3 Å². The smallest absolute Gasteiger partial charge is 0.317 e. The maximum absolute atomic E-state index is 12.3. The van der Waals surface area contributed by atoms with Gasteiger partial charge in [0.15, 0.2) is 0 Å². The van der Waals surface area contributed by atoms with Crippen LogP contribution in [0, 0.1) is 5.92 Å². The van der Waals surface area contributed by atoms with Gasteiger partial charge < -0.3 is 15.0 Å². The van der Waals surface area contributed by atoms with Gasteiger partial charge in [-0.3, -0.25) is 0 Å². The molecule has 1 unspecified atom stereocenters. The van der Waals surface area contributed by atoms with E-state index in [2.05, 4.69) is 19.2 Å². The quantitative estimate of drug-likeness (QED) is 0.819. The molecule has 0 radical (unpaired) electrons. The van der Waals surface area contributed by atoms with E-state index in [1.807, 2.05) is 56.9 Å². The van der Waals surface area contributed by atoms with E-state index in [0.29, 0.717) is 5.92 Å². The van der Waals surface area contributed by atoms with Crippen LogP contribution in [-0.2, 0) is 0 Å². The molecule has 1 aromatic rings. The van der Waals surface area contributed by atoms with Gasteiger partial charge in [0.25, 0.3) is 0 Å². The van der Waals surface area contributed by atoms with Crippen molar-refractivity contribution in [1.29, 1.82) is 0 Å². The summed E-state index contributed by atoms with van der Waals surface area (Å²) in [7, 11) is 0. The molecule has 4 heteroatoms. The van der Waals surface area contributed by atoms with E-state index < -0.39 is 0 Å². The molecule has 124 valence electrons. The molecule has 0 saturated carbocycles. The third-order valence-electron chi connectivity index (χ3n) is 3.35. The van der Waals surface area contributed by atoms with E-state index in [4.69, 9.17) is 4.74 Å². The molecule has 2 amide bonds. The maximum atomic E-state index is 12.3. The number of carbonyl (C=O) groups is 1. The van der Waals surface area contributed by atoms with Crippen molar-refractivity contribution in [2.45, 2.75) is 53.7 Å². The number of nitrogens with zero attached hydrogens (tertiary/aromatic N) is 1. The zero-order valence-corrected chi connectivity index (χ0v) is 14.7. The SMILES string of the molecule is CCN(CC(C)C)C(=O)NC(C)c1ccc(OC(C)C)cc1. The summed E-state index contributed by atoms with van der Waals surface area (Å²) in [5.74, 6) is 1.32. The highest BCUT2D eigenvalue weighted by Crippen LogP contribution is 2.18. The van der Waals surface area contributed by atoms with E-state index >= 15 is 0 Å². The first-order valence-electron chi connectivity index (χ1n) is 8.15. The molecule has 0 bridgehead atoms. The largest absolute Gasteiger partial charge is 0.491 e. The molecule has 0 aromatic heterocycles. The molecule has 1 atom stereocenters. The number of urea groups is 1. The summed E-state index contributed by atoms with van der Waals surface area (Å²) in [5, 5.41) is 3.06. The van der Waals surface area contributed by atoms with Crippen LogP contribution >= 0.6 is 0 Å². The molecule has 22 heavy (non-hydrogen) atoms. The topological polar surface area (TPSA) is 41.6 Å². The Labute approximate surface area is 134 Å². The number of rotatable bonds is 7. The second-order valence-corrected chi connectivity index (χ2v) is 6.34. The van der Waals surface area contributed by atoms with Crippen LogP contribution < -0.4 is 10.1 Å². The van der Waals surface area contributed by atoms with Gasteiger partial charge in [-0.2, -0.15) is 0 Å². The second-order valence-electron chi connectivity index (χ2n) is 6.34. The Kier molecular flexibility index (Phi) is 7.22. The van der Waals surface area contributed by atoms with Crippen LogP contribution in [0.1, 0.15) is 53.1 Å². The predicted octanol–water partition coefficient (Wildman–Crippen LogP) is 4.22. The van der Waals surface area contributed by atoms with Crippen molar-refractivity contribution in [2.24, 2.45) is 5.92 Å². The van der Waals surface area contributed by atoms with Crippen LogP contribution in [0.3, 0.4) is 0 Å². The average Bonchev–Trinajstić information content (AvgIpc) is 2.44. The summed E-state index contributed by atoms with van der Waals surface area (Å²) in [6.07, 6.45) is 0.164. The first-order chi connectivity index (χ1) is 10.3. The van der Waals surface area contributed by atoms with Gasteiger partial charge in [-0.25, -0.2) is 4.79 Å². The van der Waals surface area contributed by atoms with Gasteiger partial charge in [0.05, 0.1) is 12.1 Å². The van der Waals surface area contributed by atoms with Gasteiger partial charge in [-0.15, -0.1) is 0 Å². The standard InChI is InChI=1S/C18H30N2O2/c1-7-20(12-13(2)3)18(21)19-15(6)16-8-10-17(11-9-16)22-14(4)5/h8-11,13-15H,7,12H2,1-6H3,(H,19,21). The molecule has 0 spiro atoms. The van der Waals surface area contributed by atoms with E-state index in [9.17, 15) is 4.79 Å². The van der Waals surface area contributed by atoms with E-state index in [0.717, 1.165) is 24.4 Å². The summed E-state index contributed by atoms with van der Waals surface area (Å²) in [5.41, 5.74) is 1.07. The minimum absolute atomic E-state index is 0.00814. The highest BCUT2D eigenvalue weighted by Gasteiger charge is 2.16. The summed E-state index contributed by atoms with van der Waals surface area (Å²) in [6.45, 7) is 13.7. The van der Waals surface area contributed by atoms with Crippen molar-refractivity contribution < 1.29 is 9.53 Å². The monoisotopic (exact) mass is 306 g/mol. The highest BCUT2D eigenvalue weighted by molar-refractivity contribution is 5.74. The molecular formula is C18H30N2O2. The molecule has 0 saturated heterocycles. The Hall–Kier alpha value is -1.71. The molecule has 0 aliphatic rings. The van der Waals surface area contributed by atoms with Gasteiger partial charge in [0, 0.05) is 13.1 Å². The van der Waals surface area contributed by atoms with Crippen molar-refractivity contribution in [2.75, 3.05) is 13.1 Å². The van der Waals surface area contributed by atoms with Crippen molar-refractivity contribution in [3.8, 4) is 5.75 Å². The van der Waals surface area contributed by atoms with Gasteiger partial charge in [-0.1, -0.05) is 26.0 Å². The fourth-order valence-corrected chi connectivity index (χ4v) is 2.26. The van der Waals surface area contributed by atoms with Crippen LogP contribution in [0.5, 0.6) is 5.75 Å². The Morgan fingerprint density at radius 2 is 1.73 bits per heavy atom. The normalized spacial score (nSPS) is 12.4. The van der Waals surface area contributed by atoms with Crippen molar-refractivity contribution in [1.82, 2.24) is 10.2 Å². The van der Waals surface area contributed by atoms with Gasteiger partial charge in [0.2, 0.25) is 0 Å². The first-order valence-corrected chi connectivity index (χ1v) is 8.15. The van der Waals surface area contributed by atoms with Gasteiger partial charge in [0.1, 0.15) is 5.75 Å². The minimum Gasteiger partial charge on any atom is -0.491 e. The number of hydrogen-bond donors (Lipinski definition) is 1. The Morgan fingerprint density at radius 1 is 1.14 bits per heavy atom. The van der Waals surface area contributed by atoms with E-state index in [-0.39, 0.29) is 18.2 Å². The van der Waals surface area contributed by atoms with Crippen molar-refractivity contribution in [3.05, 3.63) is 29.8 Å². The number of benzene rings is 1. The molecule has 4 nitrogen and oxygen atoms in total. The first kappa shape index (κ1) is 18.3. The number of nitrogens with one attached hydrogen (secondary N) is 1. The summed E-state index contributed by atoms with van der Waals surface area (Å²) in [4.78, 5) is 14.1. The maximum Gasteiger partial charge on any atom is 0.317 e. The third kappa shape index (κ3) is 5.96. The molecule has 1 N–H and O–H groups in total. The lowest BCUT2D eigenvalue weighted by molar-refractivity contribution is 0.191. The van der Waals surface area contributed by atoms with Crippen LogP contribution in [0.25, 0.3) is 0 Å². The molecule has 1 aromatic carbocycles. The zero-order valence-electron chi connectivity index (χ0n) is 14.7. The van der Waals surface area contributed by atoms with Crippen LogP contribution in [0.15, 0.2) is 24.3 Å².